The maximum absolute atomic E-state index is 4.92. The highest BCUT2D eigenvalue weighted by Gasteiger charge is 2.18. The standard InChI is InChI=1S/C42H45N9/c1-25-37-19-43-13-31-7-9-34(49-31)16-46-22-40-28(4)41-23-47-17-35-10-8-32(50-35)14-44-20-38(25)27(3)39(26(37)2)21-45-15-33-11-12-36(51-33)18-48-24-42(29(40)5)30(41)6/h7-18,49-51H,19-24H2,1-6H3. The average Bonchev–Trinajstić information content (AvgIpc) is 3.88. The predicted molar refractivity (Wildman–Crippen MR) is 211 cm³/mol. The molecule has 0 saturated heterocycles. The molecule has 0 amide bonds. The van der Waals surface area contributed by atoms with Gasteiger partial charge in [0.15, 0.2) is 0 Å². The van der Waals surface area contributed by atoms with Crippen LogP contribution in [0.2, 0.25) is 0 Å². The third-order valence-electron chi connectivity index (χ3n) is 10.5. The Balaban J connectivity index is 1.41. The summed E-state index contributed by atoms with van der Waals surface area (Å²) in [5.74, 6) is 0. The molecule has 0 atom stereocenters. The molecular weight excluding hydrogens is 631 g/mol. The van der Waals surface area contributed by atoms with Gasteiger partial charge < -0.3 is 15.0 Å². The van der Waals surface area contributed by atoms with E-state index in [9.17, 15) is 0 Å². The van der Waals surface area contributed by atoms with Gasteiger partial charge in [-0.05, 0) is 145 Å². The molecule has 0 fully saturated rings. The van der Waals surface area contributed by atoms with Gasteiger partial charge >= 0.3 is 0 Å². The summed E-state index contributed by atoms with van der Waals surface area (Å²) in [4.78, 5) is 39.9. The van der Waals surface area contributed by atoms with Crippen molar-refractivity contribution < 1.29 is 0 Å². The molecular formula is C42H45N9. The van der Waals surface area contributed by atoms with Crippen LogP contribution in [0.5, 0.6) is 0 Å². The minimum atomic E-state index is 0.559. The number of fused-ring (bicyclic) bond motifs is 6. The maximum Gasteiger partial charge on any atom is 0.0645 e. The van der Waals surface area contributed by atoms with Crippen molar-refractivity contribution in [1.82, 2.24) is 15.0 Å². The summed E-state index contributed by atoms with van der Waals surface area (Å²) in [7, 11) is 0. The average molecular weight is 676 g/mol. The third kappa shape index (κ3) is 7.15. The largest absolute Gasteiger partial charge is 0.353 e. The zero-order chi connectivity index (χ0) is 35.5. The van der Waals surface area contributed by atoms with Crippen molar-refractivity contribution in [2.24, 2.45) is 30.0 Å². The van der Waals surface area contributed by atoms with E-state index in [0.717, 1.165) is 34.2 Å². The van der Waals surface area contributed by atoms with E-state index in [0.29, 0.717) is 39.3 Å². The molecule has 258 valence electrons. The molecule has 8 rings (SSSR count). The van der Waals surface area contributed by atoms with Crippen LogP contribution in [0.1, 0.15) is 101 Å². The zero-order valence-electron chi connectivity index (χ0n) is 30.4. The van der Waals surface area contributed by atoms with E-state index in [1.807, 2.05) is 37.3 Å². The van der Waals surface area contributed by atoms with E-state index in [-0.39, 0.29) is 0 Å². The van der Waals surface area contributed by atoms with Crippen molar-refractivity contribution in [1.29, 1.82) is 0 Å². The molecule has 0 aliphatic carbocycles. The fourth-order valence-corrected chi connectivity index (χ4v) is 7.36. The van der Waals surface area contributed by atoms with Gasteiger partial charge in [0.2, 0.25) is 0 Å². The second-order valence-corrected chi connectivity index (χ2v) is 13.5. The fraction of sp³-hybridized carbons (Fsp3) is 0.286. The SMILES string of the molecule is Cc1c2c(C)c3c(C)c1CN=Cc1ccc([nH]1)C=NCc1c(C)c(c(C)c(c1C)CN=Cc1ccc([nH]1)C=NC3)CN=Cc1ccc([nH]1)C=NC2. The van der Waals surface area contributed by atoms with Crippen LogP contribution < -0.4 is 0 Å². The lowest BCUT2D eigenvalue weighted by Gasteiger charge is -2.20. The Morgan fingerprint density at radius 3 is 0.608 bits per heavy atom. The van der Waals surface area contributed by atoms with Gasteiger partial charge in [-0.15, -0.1) is 0 Å². The van der Waals surface area contributed by atoms with Gasteiger partial charge in [-0.3, -0.25) is 30.0 Å². The molecule has 51 heavy (non-hydrogen) atoms. The van der Waals surface area contributed by atoms with Crippen molar-refractivity contribution in [3.05, 3.63) is 137 Å². The molecule has 0 radical (unpaired) electrons. The Morgan fingerprint density at radius 1 is 0.294 bits per heavy atom. The zero-order valence-corrected chi connectivity index (χ0v) is 30.4. The highest BCUT2D eigenvalue weighted by Crippen LogP contribution is 2.31. The molecule has 5 aromatic rings. The number of hydrogen-bond acceptors (Lipinski definition) is 6. The number of aromatic amines is 3. The molecule has 0 unspecified atom stereocenters. The molecule has 12 bridgehead atoms. The summed E-state index contributed by atoms with van der Waals surface area (Å²) < 4.78 is 0. The van der Waals surface area contributed by atoms with E-state index in [1.54, 1.807) is 0 Å². The van der Waals surface area contributed by atoms with Gasteiger partial charge in [0.25, 0.3) is 0 Å². The quantitative estimate of drug-likeness (QED) is 0.148. The molecule has 3 N–H and O–H groups in total. The second-order valence-electron chi connectivity index (χ2n) is 13.5. The Bertz CT molecular complexity index is 1830. The normalized spacial score (nSPS) is 14.7. The van der Waals surface area contributed by atoms with Crippen molar-refractivity contribution >= 4 is 37.3 Å². The first-order valence-electron chi connectivity index (χ1n) is 17.5. The Morgan fingerprint density at radius 2 is 0.451 bits per heavy atom. The Labute approximate surface area is 299 Å². The van der Waals surface area contributed by atoms with Gasteiger partial charge in [-0.25, -0.2) is 0 Å². The highest BCUT2D eigenvalue weighted by molar-refractivity contribution is 5.85. The van der Waals surface area contributed by atoms with Crippen LogP contribution in [-0.4, -0.2) is 52.2 Å². The number of nitrogens with zero attached hydrogens (tertiary/aromatic N) is 6. The summed E-state index contributed by atoms with van der Waals surface area (Å²) in [6.07, 6.45) is 11.5. The number of rotatable bonds is 0. The molecule has 0 saturated carbocycles. The van der Waals surface area contributed by atoms with Crippen LogP contribution in [0.15, 0.2) is 66.4 Å². The van der Waals surface area contributed by atoms with Gasteiger partial charge in [0.05, 0.1) is 73.4 Å². The number of aliphatic imine (C=N–C) groups is 6. The molecule has 0 spiro atoms. The van der Waals surface area contributed by atoms with Crippen LogP contribution in [0.25, 0.3) is 0 Å². The van der Waals surface area contributed by atoms with E-state index in [2.05, 4.69) is 92.9 Å². The van der Waals surface area contributed by atoms with Crippen LogP contribution in [-0.2, 0) is 39.3 Å². The molecule has 3 aliphatic heterocycles. The summed E-state index contributed by atoms with van der Waals surface area (Å²) >= 11 is 0. The number of aromatic nitrogens is 3. The van der Waals surface area contributed by atoms with Crippen LogP contribution in [0, 0.1) is 41.5 Å². The smallest absolute Gasteiger partial charge is 0.0645 e. The third-order valence-corrected chi connectivity index (χ3v) is 10.5. The van der Waals surface area contributed by atoms with E-state index in [1.165, 1.54) is 66.8 Å². The lowest BCUT2D eigenvalue weighted by atomic mass is 9.88. The second kappa shape index (κ2) is 14.6. The predicted octanol–water partition coefficient (Wildman–Crippen LogP) is 7.86. The lowest BCUT2D eigenvalue weighted by molar-refractivity contribution is 0.924. The first-order valence-corrected chi connectivity index (χ1v) is 17.5. The summed E-state index contributed by atoms with van der Waals surface area (Å²) in [6, 6.07) is 12.3. The number of nitrogens with one attached hydrogen (secondary N) is 3. The van der Waals surface area contributed by atoms with Crippen LogP contribution >= 0.6 is 0 Å². The van der Waals surface area contributed by atoms with E-state index >= 15 is 0 Å². The molecule has 2 aromatic carbocycles. The summed E-state index contributed by atoms with van der Waals surface area (Å²) in [5, 5.41) is 0. The fourth-order valence-electron chi connectivity index (χ4n) is 7.36. The van der Waals surface area contributed by atoms with Crippen molar-refractivity contribution in [3.8, 4) is 0 Å². The number of benzene rings is 2. The minimum absolute atomic E-state index is 0.559. The maximum atomic E-state index is 4.92. The molecule has 3 aliphatic rings. The molecule has 9 heteroatoms. The van der Waals surface area contributed by atoms with E-state index in [4.69, 9.17) is 30.0 Å². The number of H-pyrrole nitrogens is 3. The van der Waals surface area contributed by atoms with Gasteiger partial charge in [0.1, 0.15) is 0 Å². The molecule has 6 heterocycles. The summed E-state index contributed by atoms with van der Waals surface area (Å²) in [5.41, 5.74) is 20.3. The number of hydrogen-bond donors (Lipinski definition) is 3. The molecule has 3 aromatic heterocycles. The Hall–Kier alpha value is -5.70. The topological polar surface area (TPSA) is 122 Å². The van der Waals surface area contributed by atoms with Gasteiger partial charge in [-0.2, -0.15) is 0 Å². The van der Waals surface area contributed by atoms with Crippen LogP contribution in [0.4, 0.5) is 0 Å². The lowest BCUT2D eigenvalue weighted by Crippen LogP contribution is -2.07. The first-order chi connectivity index (χ1) is 24.8. The molecule has 9 nitrogen and oxygen atoms in total. The van der Waals surface area contributed by atoms with Crippen molar-refractivity contribution in [3.63, 3.8) is 0 Å². The minimum Gasteiger partial charge on any atom is -0.353 e. The monoisotopic (exact) mass is 675 g/mol. The van der Waals surface area contributed by atoms with Gasteiger partial charge in [-0.1, -0.05) is 0 Å². The van der Waals surface area contributed by atoms with Crippen molar-refractivity contribution in [2.75, 3.05) is 0 Å². The summed E-state index contributed by atoms with van der Waals surface area (Å²) in [6.45, 7) is 16.5. The van der Waals surface area contributed by atoms with Crippen LogP contribution in [0.3, 0.4) is 0 Å². The van der Waals surface area contributed by atoms with Crippen molar-refractivity contribution in [2.45, 2.75) is 80.8 Å². The highest BCUT2D eigenvalue weighted by atomic mass is 14.8. The first kappa shape index (κ1) is 33.8. The van der Waals surface area contributed by atoms with E-state index < -0.39 is 0 Å². The Kier molecular flexibility index (Phi) is 9.70. The van der Waals surface area contributed by atoms with Gasteiger partial charge in [0, 0.05) is 37.3 Å².